The molecule has 0 bridgehead atoms. The standard InChI is InChI=1S/C24H32N4O3S/c1-17-26-21(16-32-17)19-4-5-22-20(14-19)8-12-28(22)23(29)15-27-10-6-18(7-11-27)24(30)25-9-3-13-31-2/h4-5,14,16,18H,3,6-13,15H2,1-2H3,(H,25,30). The summed E-state index contributed by atoms with van der Waals surface area (Å²) in [4.78, 5) is 34.0. The van der Waals surface area contributed by atoms with Crippen LogP contribution in [0, 0.1) is 12.8 Å². The van der Waals surface area contributed by atoms with Gasteiger partial charge < -0.3 is 15.0 Å². The fourth-order valence-electron chi connectivity index (χ4n) is 4.52. The number of likely N-dealkylation sites (tertiary alicyclic amines) is 1. The van der Waals surface area contributed by atoms with Gasteiger partial charge in [0.05, 0.1) is 17.2 Å². The Balaban J connectivity index is 1.27. The first kappa shape index (κ1) is 22.9. The molecule has 2 aliphatic heterocycles. The highest BCUT2D eigenvalue weighted by atomic mass is 32.1. The lowest BCUT2D eigenvalue weighted by atomic mass is 9.96. The van der Waals surface area contributed by atoms with Gasteiger partial charge in [0, 0.05) is 49.4 Å². The van der Waals surface area contributed by atoms with Crippen molar-refractivity contribution in [1.82, 2.24) is 15.2 Å². The summed E-state index contributed by atoms with van der Waals surface area (Å²) >= 11 is 1.65. The number of aromatic nitrogens is 1. The molecule has 1 N–H and O–H groups in total. The van der Waals surface area contributed by atoms with Gasteiger partial charge in [0.15, 0.2) is 0 Å². The van der Waals surface area contributed by atoms with Crippen LogP contribution < -0.4 is 10.2 Å². The lowest BCUT2D eigenvalue weighted by Gasteiger charge is -2.32. The molecule has 172 valence electrons. The number of methoxy groups -OCH3 is 1. The van der Waals surface area contributed by atoms with Crippen LogP contribution in [0.4, 0.5) is 5.69 Å². The third-order valence-corrected chi connectivity index (χ3v) is 7.11. The molecular weight excluding hydrogens is 424 g/mol. The SMILES string of the molecule is COCCCNC(=O)C1CCN(CC(=O)N2CCc3cc(-c4csc(C)n4)ccc32)CC1. The molecule has 0 radical (unpaired) electrons. The van der Waals surface area contributed by atoms with Crippen molar-refractivity contribution in [2.24, 2.45) is 5.92 Å². The molecule has 0 spiro atoms. The van der Waals surface area contributed by atoms with Gasteiger partial charge in [-0.3, -0.25) is 14.5 Å². The van der Waals surface area contributed by atoms with Crippen LogP contribution in [0.3, 0.4) is 0 Å². The molecule has 2 amide bonds. The van der Waals surface area contributed by atoms with E-state index in [9.17, 15) is 9.59 Å². The number of nitrogens with one attached hydrogen (secondary N) is 1. The van der Waals surface area contributed by atoms with Crippen molar-refractivity contribution in [3.05, 3.63) is 34.2 Å². The molecular formula is C24H32N4O3S. The molecule has 1 aromatic carbocycles. The Morgan fingerprint density at radius 1 is 1.25 bits per heavy atom. The first-order valence-corrected chi connectivity index (χ1v) is 12.3. The number of anilines is 1. The zero-order chi connectivity index (χ0) is 22.5. The van der Waals surface area contributed by atoms with E-state index in [0.29, 0.717) is 19.7 Å². The summed E-state index contributed by atoms with van der Waals surface area (Å²) in [5, 5.41) is 6.14. The molecule has 8 heteroatoms. The van der Waals surface area contributed by atoms with Gasteiger partial charge in [0.2, 0.25) is 11.8 Å². The van der Waals surface area contributed by atoms with Crippen LogP contribution in [0.2, 0.25) is 0 Å². The van der Waals surface area contributed by atoms with E-state index >= 15 is 0 Å². The lowest BCUT2D eigenvalue weighted by molar-refractivity contribution is -0.126. The summed E-state index contributed by atoms with van der Waals surface area (Å²) < 4.78 is 5.01. The highest BCUT2D eigenvalue weighted by molar-refractivity contribution is 7.09. The second kappa shape index (κ2) is 10.6. The van der Waals surface area contributed by atoms with Crippen molar-refractivity contribution in [2.75, 3.05) is 51.3 Å². The van der Waals surface area contributed by atoms with Crippen molar-refractivity contribution in [3.8, 4) is 11.3 Å². The second-order valence-electron chi connectivity index (χ2n) is 8.58. The summed E-state index contributed by atoms with van der Waals surface area (Å²) in [7, 11) is 1.67. The topological polar surface area (TPSA) is 74.8 Å². The van der Waals surface area contributed by atoms with Crippen molar-refractivity contribution < 1.29 is 14.3 Å². The summed E-state index contributed by atoms with van der Waals surface area (Å²) in [6, 6.07) is 6.30. The van der Waals surface area contributed by atoms with E-state index in [0.717, 1.165) is 67.3 Å². The van der Waals surface area contributed by atoms with Crippen molar-refractivity contribution >= 4 is 28.8 Å². The van der Waals surface area contributed by atoms with Gasteiger partial charge in [-0.2, -0.15) is 0 Å². The van der Waals surface area contributed by atoms with Gasteiger partial charge >= 0.3 is 0 Å². The van der Waals surface area contributed by atoms with E-state index in [1.54, 1.807) is 18.4 Å². The number of carbonyl (C=O) groups is 2. The Morgan fingerprint density at radius 2 is 2.06 bits per heavy atom. The van der Waals surface area contributed by atoms with Crippen LogP contribution in [-0.2, 0) is 20.7 Å². The maximum atomic E-state index is 13.0. The van der Waals surface area contributed by atoms with E-state index in [2.05, 4.69) is 38.8 Å². The number of ether oxygens (including phenoxy) is 1. The van der Waals surface area contributed by atoms with Crippen LogP contribution in [0.15, 0.2) is 23.6 Å². The van der Waals surface area contributed by atoms with E-state index in [1.165, 1.54) is 5.56 Å². The van der Waals surface area contributed by atoms with Gasteiger partial charge in [0.25, 0.3) is 0 Å². The smallest absolute Gasteiger partial charge is 0.241 e. The molecule has 2 aromatic rings. The number of hydrogen-bond donors (Lipinski definition) is 1. The quantitative estimate of drug-likeness (QED) is 0.619. The Morgan fingerprint density at radius 3 is 2.78 bits per heavy atom. The number of hydrogen-bond acceptors (Lipinski definition) is 6. The number of piperidine rings is 1. The molecule has 32 heavy (non-hydrogen) atoms. The summed E-state index contributed by atoms with van der Waals surface area (Å²) in [5.41, 5.74) is 4.36. The second-order valence-corrected chi connectivity index (χ2v) is 9.64. The maximum Gasteiger partial charge on any atom is 0.241 e. The van der Waals surface area contributed by atoms with E-state index in [4.69, 9.17) is 4.74 Å². The number of aryl methyl sites for hydroxylation is 1. The van der Waals surface area contributed by atoms with E-state index in [1.807, 2.05) is 11.8 Å². The summed E-state index contributed by atoms with van der Waals surface area (Å²) in [5.74, 6) is 0.319. The molecule has 2 aliphatic rings. The molecule has 0 unspecified atom stereocenters. The molecule has 0 atom stereocenters. The molecule has 4 rings (SSSR count). The minimum atomic E-state index is 0.0455. The molecule has 1 saturated heterocycles. The Bertz CT molecular complexity index is 952. The van der Waals surface area contributed by atoms with Gasteiger partial charge in [-0.05, 0) is 63.4 Å². The predicted octanol–water partition coefficient (Wildman–Crippen LogP) is 2.87. The van der Waals surface area contributed by atoms with Crippen LogP contribution in [-0.4, -0.2) is 68.1 Å². The fraction of sp³-hybridized carbons (Fsp3) is 0.542. The van der Waals surface area contributed by atoms with Crippen molar-refractivity contribution in [2.45, 2.75) is 32.6 Å². The number of carbonyl (C=O) groups excluding carboxylic acids is 2. The molecule has 0 saturated carbocycles. The average Bonchev–Trinajstić information content (AvgIpc) is 3.43. The average molecular weight is 457 g/mol. The fourth-order valence-corrected chi connectivity index (χ4v) is 5.14. The molecule has 0 aliphatic carbocycles. The Labute approximate surface area is 193 Å². The van der Waals surface area contributed by atoms with Gasteiger partial charge in [-0.25, -0.2) is 4.98 Å². The van der Waals surface area contributed by atoms with Crippen LogP contribution in [0.5, 0.6) is 0 Å². The number of amides is 2. The summed E-state index contributed by atoms with van der Waals surface area (Å²) in [6.07, 6.45) is 3.31. The number of fused-ring (bicyclic) bond motifs is 1. The van der Waals surface area contributed by atoms with E-state index < -0.39 is 0 Å². The third-order valence-electron chi connectivity index (χ3n) is 6.33. The molecule has 1 aromatic heterocycles. The molecule has 3 heterocycles. The number of nitrogens with zero attached hydrogens (tertiary/aromatic N) is 3. The van der Waals surface area contributed by atoms with E-state index in [-0.39, 0.29) is 17.7 Å². The third kappa shape index (κ3) is 5.36. The predicted molar refractivity (Wildman–Crippen MR) is 127 cm³/mol. The highest BCUT2D eigenvalue weighted by Gasteiger charge is 2.29. The molecule has 1 fully saturated rings. The van der Waals surface area contributed by atoms with Crippen molar-refractivity contribution in [3.63, 3.8) is 0 Å². The van der Waals surface area contributed by atoms with Gasteiger partial charge in [0.1, 0.15) is 0 Å². The first-order valence-electron chi connectivity index (χ1n) is 11.4. The Hall–Kier alpha value is -2.29. The maximum absolute atomic E-state index is 13.0. The normalized spacial score (nSPS) is 16.9. The first-order chi connectivity index (χ1) is 15.5. The number of benzene rings is 1. The van der Waals surface area contributed by atoms with Crippen molar-refractivity contribution in [1.29, 1.82) is 0 Å². The summed E-state index contributed by atoms with van der Waals surface area (Å²) in [6.45, 7) is 6.04. The highest BCUT2D eigenvalue weighted by Crippen LogP contribution is 2.33. The zero-order valence-corrected chi connectivity index (χ0v) is 19.7. The zero-order valence-electron chi connectivity index (χ0n) is 18.9. The van der Waals surface area contributed by atoms with Crippen LogP contribution in [0.1, 0.15) is 29.8 Å². The molecule has 7 nitrogen and oxygen atoms in total. The van der Waals surface area contributed by atoms with Crippen LogP contribution in [0.25, 0.3) is 11.3 Å². The van der Waals surface area contributed by atoms with Gasteiger partial charge in [-0.15, -0.1) is 11.3 Å². The minimum absolute atomic E-state index is 0.0455. The number of rotatable bonds is 8. The Kier molecular flexibility index (Phi) is 7.55. The largest absolute Gasteiger partial charge is 0.385 e. The van der Waals surface area contributed by atoms with Crippen LogP contribution >= 0.6 is 11.3 Å². The van der Waals surface area contributed by atoms with Gasteiger partial charge in [-0.1, -0.05) is 6.07 Å². The minimum Gasteiger partial charge on any atom is -0.385 e. The lowest BCUT2D eigenvalue weighted by Crippen LogP contribution is -2.45. The number of thiazole rings is 1. The monoisotopic (exact) mass is 456 g/mol.